The van der Waals surface area contributed by atoms with Crippen molar-refractivity contribution in [3.05, 3.63) is 24.3 Å². The van der Waals surface area contributed by atoms with Crippen LogP contribution in [-0.2, 0) is 14.3 Å². The highest BCUT2D eigenvalue weighted by Gasteiger charge is 2.28. The number of benzene rings is 1. The van der Waals surface area contributed by atoms with Crippen LogP contribution in [0.2, 0.25) is 0 Å². The molecule has 1 heterocycles. The number of piperazine rings is 1. The summed E-state index contributed by atoms with van der Waals surface area (Å²) in [5.41, 5.74) is 0.452. The number of nitrogens with zero attached hydrogens (tertiary/aromatic N) is 2. The lowest BCUT2D eigenvalue weighted by Gasteiger charge is -2.33. The van der Waals surface area contributed by atoms with Crippen LogP contribution in [0.15, 0.2) is 24.3 Å². The van der Waals surface area contributed by atoms with Crippen molar-refractivity contribution in [2.24, 2.45) is 0 Å². The third-order valence-electron chi connectivity index (χ3n) is 3.72. The Morgan fingerprint density at radius 2 is 1.64 bits per heavy atom. The van der Waals surface area contributed by atoms with Gasteiger partial charge >= 0.3 is 17.9 Å². The molecular weight excluding hydrogens is 326 g/mol. The first-order valence-corrected chi connectivity index (χ1v) is 8.30. The molecule has 0 saturated carbocycles. The van der Waals surface area contributed by atoms with E-state index in [-0.39, 0.29) is 13.1 Å². The highest BCUT2D eigenvalue weighted by atomic mass is 16.6. The molecule has 1 aliphatic rings. The molecule has 1 N–H and O–H groups in total. The maximum atomic E-state index is 12.3. The Labute approximate surface area is 146 Å². The topological polar surface area (TPSA) is 88.2 Å². The monoisotopic (exact) mass is 349 g/mol. The van der Waals surface area contributed by atoms with Gasteiger partial charge in [0, 0.05) is 26.2 Å². The van der Waals surface area contributed by atoms with Gasteiger partial charge in [-0.25, -0.2) is 4.79 Å². The normalized spacial score (nSPS) is 14.0. The van der Waals surface area contributed by atoms with E-state index in [0.717, 1.165) is 0 Å². The van der Waals surface area contributed by atoms with Gasteiger partial charge < -0.3 is 24.6 Å². The summed E-state index contributed by atoms with van der Waals surface area (Å²) < 4.78 is 10.4. The molecule has 8 nitrogen and oxygen atoms in total. The quantitative estimate of drug-likeness (QED) is 0.829. The minimum atomic E-state index is -0.725. The van der Waals surface area contributed by atoms with E-state index in [2.05, 4.69) is 5.32 Å². The van der Waals surface area contributed by atoms with E-state index in [4.69, 9.17) is 9.47 Å². The first-order valence-electron chi connectivity index (χ1n) is 8.30. The molecule has 8 heteroatoms. The van der Waals surface area contributed by atoms with Crippen LogP contribution in [-0.4, -0.2) is 67.1 Å². The number of amides is 3. The number of carbonyl (C=O) groups is 3. The first kappa shape index (κ1) is 18.6. The van der Waals surface area contributed by atoms with Crippen LogP contribution in [0.5, 0.6) is 5.75 Å². The van der Waals surface area contributed by atoms with Crippen LogP contribution in [0.4, 0.5) is 10.5 Å². The summed E-state index contributed by atoms with van der Waals surface area (Å²) in [6.45, 7) is 5.60. The Kier molecular flexibility index (Phi) is 6.62. The molecule has 1 aliphatic heterocycles. The molecule has 0 unspecified atom stereocenters. The third kappa shape index (κ3) is 4.85. The van der Waals surface area contributed by atoms with Crippen LogP contribution in [0.3, 0.4) is 0 Å². The van der Waals surface area contributed by atoms with Crippen molar-refractivity contribution in [1.29, 1.82) is 0 Å². The van der Waals surface area contributed by atoms with Crippen LogP contribution >= 0.6 is 0 Å². The number of hydrogen-bond donors (Lipinski definition) is 1. The van der Waals surface area contributed by atoms with Gasteiger partial charge in [0.25, 0.3) is 0 Å². The minimum Gasteiger partial charge on any atom is -0.492 e. The lowest BCUT2D eigenvalue weighted by atomic mass is 10.2. The molecule has 0 aromatic heterocycles. The summed E-state index contributed by atoms with van der Waals surface area (Å²) in [6.07, 6.45) is -0.398. The number of hydrogen-bond acceptors (Lipinski definition) is 5. The number of carbonyl (C=O) groups excluding carboxylic acids is 3. The SMILES string of the molecule is CCOC(=O)N1CCN(C(=O)C(=O)Nc2ccccc2OCC)CC1. The molecular formula is C17H23N3O5. The zero-order valence-corrected chi connectivity index (χ0v) is 14.5. The number of nitrogens with one attached hydrogen (secondary N) is 1. The molecule has 0 radical (unpaired) electrons. The van der Waals surface area contributed by atoms with Crippen molar-refractivity contribution in [3.63, 3.8) is 0 Å². The maximum Gasteiger partial charge on any atom is 0.409 e. The smallest absolute Gasteiger partial charge is 0.409 e. The molecule has 2 rings (SSSR count). The summed E-state index contributed by atoms with van der Waals surface area (Å²) in [6, 6.07) is 6.94. The third-order valence-corrected chi connectivity index (χ3v) is 3.72. The molecule has 0 spiro atoms. The number of para-hydroxylation sites is 2. The fourth-order valence-electron chi connectivity index (χ4n) is 2.48. The lowest BCUT2D eigenvalue weighted by Crippen LogP contribution is -2.53. The summed E-state index contributed by atoms with van der Waals surface area (Å²) in [5, 5.41) is 2.59. The molecule has 1 aromatic carbocycles. The van der Waals surface area contributed by atoms with Crippen LogP contribution < -0.4 is 10.1 Å². The number of ether oxygens (including phenoxy) is 2. The van der Waals surface area contributed by atoms with Gasteiger partial charge in [-0.3, -0.25) is 9.59 Å². The Morgan fingerprint density at radius 1 is 1.00 bits per heavy atom. The Morgan fingerprint density at radius 3 is 2.28 bits per heavy atom. The fourth-order valence-corrected chi connectivity index (χ4v) is 2.48. The average molecular weight is 349 g/mol. The van der Waals surface area contributed by atoms with E-state index in [0.29, 0.717) is 37.7 Å². The fraction of sp³-hybridized carbons (Fsp3) is 0.471. The molecule has 3 amide bonds. The zero-order chi connectivity index (χ0) is 18.2. The van der Waals surface area contributed by atoms with Gasteiger partial charge in [-0.15, -0.1) is 0 Å². The van der Waals surface area contributed by atoms with E-state index in [9.17, 15) is 14.4 Å². The van der Waals surface area contributed by atoms with Crippen LogP contribution in [0.1, 0.15) is 13.8 Å². The van der Waals surface area contributed by atoms with Gasteiger partial charge in [0.2, 0.25) is 0 Å². The molecule has 1 saturated heterocycles. The standard InChI is InChI=1S/C17H23N3O5/c1-3-24-14-8-6-5-7-13(14)18-15(21)16(22)19-9-11-20(12-10-19)17(23)25-4-2/h5-8H,3-4,9-12H2,1-2H3,(H,18,21). The largest absolute Gasteiger partial charge is 0.492 e. The van der Waals surface area contributed by atoms with Crippen molar-refractivity contribution in [2.75, 3.05) is 44.7 Å². The summed E-state index contributed by atoms with van der Waals surface area (Å²) in [4.78, 5) is 39.1. The van der Waals surface area contributed by atoms with Gasteiger partial charge in [0.05, 0.1) is 18.9 Å². The van der Waals surface area contributed by atoms with Gasteiger partial charge in [0.15, 0.2) is 0 Å². The van der Waals surface area contributed by atoms with Gasteiger partial charge in [0.1, 0.15) is 5.75 Å². The van der Waals surface area contributed by atoms with Crippen LogP contribution in [0, 0.1) is 0 Å². The second-order valence-electron chi connectivity index (χ2n) is 5.36. The first-order chi connectivity index (χ1) is 12.1. The average Bonchev–Trinajstić information content (AvgIpc) is 2.63. The second-order valence-corrected chi connectivity index (χ2v) is 5.36. The van der Waals surface area contributed by atoms with Crippen molar-refractivity contribution in [3.8, 4) is 5.75 Å². The van der Waals surface area contributed by atoms with Crippen molar-refractivity contribution in [2.45, 2.75) is 13.8 Å². The highest BCUT2D eigenvalue weighted by Crippen LogP contribution is 2.23. The highest BCUT2D eigenvalue weighted by molar-refractivity contribution is 6.39. The Bertz CT molecular complexity index is 626. The molecule has 1 fully saturated rings. The molecule has 0 aliphatic carbocycles. The molecule has 1 aromatic rings. The Balaban J connectivity index is 1.91. The van der Waals surface area contributed by atoms with E-state index in [1.807, 2.05) is 6.92 Å². The predicted octanol–water partition coefficient (Wildman–Crippen LogP) is 1.32. The van der Waals surface area contributed by atoms with Crippen LogP contribution in [0.25, 0.3) is 0 Å². The van der Waals surface area contributed by atoms with Crippen molar-refractivity contribution < 1.29 is 23.9 Å². The van der Waals surface area contributed by atoms with Gasteiger partial charge in [-0.05, 0) is 26.0 Å². The number of rotatable bonds is 4. The number of anilines is 1. The summed E-state index contributed by atoms with van der Waals surface area (Å²) >= 11 is 0. The molecule has 136 valence electrons. The minimum absolute atomic E-state index is 0.290. The molecule has 0 bridgehead atoms. The maximum absolute atomic E-state index is 12.3. The van der Waals surface area contributed by atoms with E-state index < -0.39 is 17.9 Å². The second kappa shape index (κ2) is 8.91. The summed E-state index contributed by atoms with van der Waals surface area (Å²) in [5.74, 6) is -0.843. The van der Waals surface area contributed by atoms with E-state index in [1.54, 1.807) is 31.2 Å². The van der Waals surface area contributed by atoms with E-state index in [1.165, 1.54) is 9.80 Å². The van der Waals surface area contributed by atoms with E-state index >= 15 is 0 Å². The summed E-state index contributed by atoms with van der Waals surface area (Å²) in [7, 11) is 0. The lowest BCUT2D eigenvalue weighted by molar-refractivity contribution is -0.144. The molecule has 0 atom stereocenters. The van der Waals surface area contributed by atoms with Gasteiger partial charge in [-0.1, -0.05) is 12.1 Å². The molecule has 25 heavy (non-hydrogen) atoms. The Hall–Kier alpha value is -2.77. The van der Waals surface area contributed by atoms with Crippen molar-refractivity contribution in [1.82, 2.24) is 9.80 Å². The van der Waals surface area contributed by atoms with Gasteiger partial charge in [-0.2, -0.15) is 0 Å². The van der Waals surface area contributed by atoms with Crippen molar-refractivity contribution >= 4 is 23.6 Å². The predicted molar refractivity (Wildman–Crippen MR) is 91.4 cm³/mol. The zero-order valence-electron chi connectivity index (χ0n) is 14.5.